The molecule has 0 bridgehead atoms. The van der Waals surface area contributed by atoms with E-state index in [4.69, 9.17) is 10.2 Å². The molecule has 0 radical (unpaired) electrons. The zero-order chi connectivity index (χ0) is 21.0. The highest BCUT2D eigenvalue weighted by molar-refractivity contribution is 5.31. The lowest BCUT2D eigenvalue weighted by molar-refractivity contribution is 0.158. The number of benzene rings is 2. The van der Waals surface area contributed by atoms with Gasteiger partial charge >= 0.3 is 6.01 Å². The minimum atomic E-state index is -0.646. The Kier molecular flexibility index (Phi) is 5.88. The van der Waals surface area contributed by atoms with Crippen LogP contribution in [0.25, 0.3) is 0 Å². The van der Waals surface area contributed by atoms with E-state index in [2.05, 4.69) is 81.1 Å². The van der Waals surface area contributed by atoms with Gasteiger partial charge in [0.1, 0.15) is 0 Å². The summed E-state index contributed by atoms with van der Waals surface area (Å²) in [6.07, 6.45) is 2.14. The third-order valence-corrected chi connectivity index (χ3v) is 6.00. The molecule has 1 aliphatic heterocycles. The largest absolute Gasteiger partial charge is 0.406 e. The van der Waals surface area contributed by atoms with E-state index in [1.54, 1.807) is 0 Å². The van der Waals surface area contributed by atoms with Crippen LogP contribution in [0.2, 0.25) is 0 Å². The van der Waals surface area contributed by atoms with E-state index in [0.717, 1.165) is 39.0 Å². The van der Waals surface area contributed by atoms with Crippen molar-refractivity contribution in [3.63, 3.8) is 0 Å². The molecule has 1 saturated heterocycles. The summed E-state index contributed by atoms with van der Waals surface area (Å²) < 4.78 is 5.75. The zero-order valence-corrected chi connectivity index (χ0v) is 17.8. The summed E-state index contributed by atoms with van der Waals surface area (Å²) in [6.45, 7) is 7.57. The second-order valence-electron chi connectivity index (χ2n) is 8.90. The lowest BCUT2D eigenvalue weighted by Crippen LogP contribution is -2.46. The van der Waals surface area contributed by atoms with Crippen LogP contribution in [0.5, 0.6) is 0 Å². The molecule has 0 aliphatic carbocycles. The highest BCUT2D eigenvalue weighted by Crippen LogP contribution is 2.36. The Morgan fingerprint density at radius 3 is 2.23 bits per heavy atom. The summed E-state index contributed by atoms with van der Waals surface area (Å²) in [7, 11) is 0. The third-order valence-electron chi connectivity index (χ3n) is 6.00. The molecular formula is C24H31N5O. The standard InChI is InChI=1S/C24H31N5O/c1-23(2,25)21-27-28-22(30-21)26-18-24(20-11-7-4-8-12-20)13-15-29(16-14-24)17-19-9-5-3-6-10-19/h3-12H,13-18,25H2,1-2H3,(H,26,28). The monoisotopic (exact) mass is 405 g/mol. The Hall–Kier alpha value is -2.70. The Morgan fingerprint density at radius 1 is 1.00 bits per heavy atom. The number of hydrogen-bond acceptors (Lipinski definition) is 6. The van der Waals surface area contributed by atoms with Gasteiger partial charge in [-0.2, -0.15) is 0 Å². The first-order chi connectivity index (χ1) is 14.4. The Bertz CT molecular complexity index is 925. The topological polar surface area (TPSA) is 80.2 Å². The molecule has 0 amide bonds. The first-order valence-electron chi connectivity index (χ1n) is 10.6. The lowest BCUT2D eigenvalue weighted by Gasteiger charge is -2.42. The maximum atomic E-state index is 6.08. The van der Waals surface area contributed by atoms with Crippen LogP contribution in [-0.4, -0.2) is 34.7 Å². The predicted molar refractivity (Wildman–Crippen MR) is 119 cm³/mol. The van der Waals surface area contributed by atoms with E-state index in [1.165, 1.54) is 11.1 Å². The normalized spacial score (nSPS) is 17.0. The summed E-state index contributed by atoms with van der Waals surface area (Å²) in [6, 6.07) is 21.9. The predicted octanol–water partition coefficient (Wildman–Crippen LogP) is 3.91. The van der Waals surface area contributed by atoms with Gasteiger partial charge in [-0.25, -0.2) is 0 Å². The lowest BCUT2D eigenvalue weighted by atomic mass is 9.72. The number of nitrogens with two attached hydrogens (primary N) is 1. The number of anilines is 1. The van der Waals surface area contributed by atoms with E-state index in [9.17, 15) is 0 Å². The van der Waals surface area contributed by atoms with E-state index in [0.29, 0.717) is 11.9 Å². The molecule has 30 heavy (non-hydrogen) atoms. The van der Waals surface area contributed by atoms with Gasteiger partial charge in [0.25, 0.3) is 0 Å². The van der Waals surface area contributed by atoms with Crippen LogP contribution in [-0.2, 0) is 17.5 Å². The van der Waals surface area contributed by atoms with Crippen molar-refractivity contribution in [3.05, 3.63) is 77.7 Å². The molecule has 1 fully saturated rings. The van der Waals surface area contributed by atoms with Gasteiger partial charge in [-0.15, -0.1) is 5.10 Å². The molecule has 0 spiro atoms. The van der Waals surface area contributed by atoms with Crippen LogP contribution in [0, 0.1) is 0 Å². The molecule has 6 nitrogen and oxygen atoms in total. The number of rotatable bonds is 7. The SMILES string of the molecule is CC(C)(N)c1nnc(NCC2(c3ccccc3)CCN(Cc3ccccc3)CC2)o1. The molecule has 1 aliphatic rings. The van der Waals surface area contributed by atoms with Crippen molar-refractivity contribution in [2.75, 3.05) is 25.0 Å². The molecule has 3 N–H and O–H groups in total. The first-order valence-corrected chi connectivity index (χ1v) is 10.6. The van der Waals surface area contributed by atoms with Gasteiger partial charge < -0.3 is 15.5 Å². The molecule has 0 saturated carbocycles. The number of nitrogens with zero attached hydrogens (tertiary/aromatic N) is 3. The summed E-state index contributed by atoms with van der Waals surface area (Å²) in [5.74, 6) is 0.441. The number of likely N-dealkylation sites (tertiary alicyclic amines) is 1. The maximum absolute atomic E-state index is 6.08. The molecule has 4 rings (SSSR count). The molecular weight excluding hydrogens is 374 g/mol. The van der Waals surface area contributed by atoms with Crippen molar-refractivity contribution < 1.29 is 4.42 Å². The van der Waals surface area contributed by atoms with Gasteiger partial charge in [-0.05, 0) is 50.9 Å². The fraction of sp³-hybridized carbons (Fsp3) is 0.417. The molecule has 2 aromatic carbocycles. The minimum absolute atomic E-state index is 0.0291. The average molecular weight is 406 g/mol. The fourth-order valence-electron chi connectivity index (χ4n) is 4.14. The Morgan fingerprint density at radius 2 is 1.63 bits per heavy atom. The summed E-state index contributed by atoms with van der Waals surface area (Å²) in [4.78, 5) is 2.54. The van der Waals surface area contributed by atoms with Crippen LogP contribution in [0.3, 0.4) is 0 Å². The van der Waals surface area contributed by atoms with Gasteiger partial charge in [0.15, 0.2) is 0 Å². The Balaban J connectivity index is 1.46. The number of nitrogens with one attached hydrogen (secondary N) is 1. The number of piperidine rings is 1. The molecule has 0 unspecified atom stereocenters. The van der Waals surface area contributed by atoms with Gasteiger partial charge in [0.2, 0.25) is 5.89 Å². The van der Waals surface area contributed by atoms with Crippen LogP contribution < -0.4 is 11.1 Å². The number of aromatic nitrogens is 2. The van der Waals surface area contributed by atoms with Crippen LogP contribution >= 0.6 is 0 Å². The Labute approximate surface area is 178 Å². The highest BCUT2D eigenvalue weighted by Gasteiger charge is 2.36. The van der Waals surface area contributed by atoms with Crippen LogP contribution in [0.4, 0.5) is 6.01 Å². The van der Waals surface area contributed by atoms with Crippen molar-refractivity contribution in [2.45, 2.75) is 44.2 Å². The molecule has 158 valence electrons. The average Bonchev–Trinajstić information content (AvgIpc) is 3.25. The van der Waals surface area contributed by atoms with Crippen molar-refractivity contribution in [2.24, 2.45) is 5.73 Å². The third kappa shape index (κ3) is 4.71. The van der Waals surface area contributed by atoms with Crippen molar-refractivity contribution >= 4 is 6.01 Å². The molecule has 1 aromatic heterocycles. The van der Waals surface area contributed by atoms with Crippen LogP contribution in [0.1, 0.15) is 43.7 Å². The smallest absolute Gasteiger partial charge is 0.315 e. The second kappa shape index (κ2) is 8.58. The first kappa shape index (κ1) is 20.6. The van der Waals surface area contributed by atoms with Crippen molar-refractivity contribution in [3.8, 4) is 0 Å². The molecule has 6 heteroatoms. The molecule has 0 atom stereocenters. The van der Waals surface area contributed by atoms with Gasteiger partial charge in [-0.1, -0.05) is 65.8 Å². The van der Waals surface area contributed by atoms with E-state index in [1.807, 2.05) is 13.8 Å². The minimum Gasteiger partial charge on any atom is -0.406 e. The van der Waals surface area contributed by atoms with Crippen LogP contribution in [0.15, 0.2) is 65.1 Å². The van der Waals surface area contributed by atoms with E-state index in [-0.39, 0.29) is 5.41 Å². The number of hydrogen-bond donors (Lipinski definition) is 2. The van der Waals surface area contributed by atoms with Crippen molar-refractivity contribution in [1.29, 1.82) is 0 Å². The quantitative estimate of drug-likeness (QED) is 0.620. The molecule has 2 heterocycles. The fourth-order valence-corrected chi connectivity index (χ4v) is 4.14. The van der Waals surface area contributed by atoms with Gasteiger partial charge in [0, 0.05) is 18.5 Å². The highest BCUT2D eigenvalue weighted by atomic mass is 16.4. The van der Waals surface area contributed by atoms with Gasteiger partial charge in [-0.3, -0.25) is 4.90 Å². The maximum Gasteiger partial charge on any atom is 0.315 e. The van der Waals surface area contributed by atoms with Crippen molar-refractivity contribution in [1.82, 2.24) is 15.1 Å². The second-order valence-corrected chi connectivity index (χ2v) is 8.90. The summed E-state index contributed by atoms with van der Waals surface area (Å²) in [5, 5.41) is 11.6. The summed E-state index contributed by atoms with van der Waals surface area (Å²) in [5.41, 5.74) is 8.18. The van der Waals surface area contributed by atoms with E-state index >= 15 is 0 Å². The molecule has 3 aromatic rings. The van der Waals surface area contributed by atoms with Gasteiger partial charge in [0.05, 0.1) is 5.54 Å². The van der Waals surface area contributed by atoms with E-state index < -0.39 is 5.54 Å². The zero-order valence-electron chi connectivity index (χ0n) is 17.8. The summed E-state index contributed by atoms with van der Waals surface area (Å²) >= 11 is 0.